The Morgan fingerprint density at radius 3 is 2.52 bits per heavy atom. The van der Waals surface area contributed by atoms with Gasteiger partial charge in [0.1, 0.15) is 11.6 Å². The number of nitrogens with zero attached hydrogens (tertiary/aromatic N) is 4. The summed E-state index contributed by atoms with van der Waals surface area (Å²) < 4.78 is 0. The maximum absolute atomic E-state index is 4.63. The van der Waals surface area contributed by atoms with E-state index in [1.165, 1.54) is 16.7 Å². The third-order valence-corrected chi connectivity index (χ3v) is 5.26. The molecule has 0 aliphatic carbocycles. The highest BCUT2D eigenvalue weighted by Crippen LogP contribution is 2.25. The Bertz CT molecular complexity index is 1180. The molecule has 0 aliphatic rings. The molecule has 0 radical (unpaired) electrons. The van der Waals surface area contributed by atoms with Crippen molar-refractivity contribution in [2.45, 2.75) is 26.8 Å². The first-order chi connectivity index (χ1) is 15.2. The number of aryl methyl sites for hydroxylation is 1. The summed E-state index contributed by atoms with van der Waals surface area (Å²) in [4.78, 5) is 15.5. The summed E-state index contributed by atoms with van der Waals surface area (Å²) in [6, 6.07) is 16.8. The smallest absolute Gasteiger partial charge is 0.135 e. The third-order valence-electron chi connectivity index (χ3n) is 5.26. The third kappa shape index (κ3) is 4.72. The summed E-state index contributed by atoms with van der Waals surface area (Å²) in [5.41, 5.74) is 4.58. The zero-order valence-electron chi connectivity index (χ0n) is 18.0. The molecular formula is C26H27N5. The molecule has 1 N–H and O–H groups in total. The summed E-state index contributed by atoms with van der Waals surface area (Å²) >= 11 is 0. The average Bonchev–Trinajstić information content (AvgIpc) is 2.81. The zero-order valence-corrected chi connectivity index (χ0v) is 18.0. The van der Waals surface area contributed by atoms with Crippen LogP contribution in [0.25, 0.3) is 21.9 Å². The van der Waals surface area contributed by atoms with Crippen molar-refractivity contribution < 1.29 is 0 Å². The lowest BCUT2D eigenvalue weighted by molar-refractivity contribution is 0.868. The Kier molecular flexibility index (Phi) is 6.22. The summed E-state index contributed by atoms with van der Waals surface area (Å²) in [6.45, 7) is 9.65. The zero-order chi connectivity index (χ0) is 21.6. The molecule has 0 saturated heterocycles. The second-order valence-corrected chi connectivity index (χ2v) is 7.54. The van der Waals surface area contributed by atoms with Crippen LogP contribution in [0.1, 0.15) is 24.6 Å². The first-order valence-electron chi connectivity index (χ1n) is 10.6. The van der Waals surface area contributed by atoms with Crippen molar-refractivity contribution in [3.8, 4) is 11.1 Å². The molecule has 4 aromatic rings. The number of rotatable bonds is 8. The summed E-state index contributed by atoms with van der Waals surface area (Å²) in [5, 5.41) is 5.58. The molecule has 0 saturated carbocycles. The van der Waals surface area contributed by atoms with Gasteiger partial charge in [0.05, 0.1) is 0 Å². The molecule has 0 bridgehead atoms. The van der Waals surface area contributed by atoms with E-state index >= 15 is 0 Å². The molecule has 0 spiro atoms. The number of aromatic nitrogens is 3. The SMILES string of the molecule is C=CN(CCC)c1cc2ccnc(NCc3ccc(-c4ccnc(C)c4)cc3)c2cn1. The number of hydrogen-bond donors (Lipinski definition) is 1. The highest BCUT2D eigenvalue weighted by molar-refractivity contribution is 5.92. The van der Waals surface area contributed by atoms with Crippen LogP contribution in [0.4, 0.5) is 11.6 Å². The van der Waals surface area contributed by atoms with Crippen molar-refractivity contribution in [1.29, 1.82) is 0 Å². The quantitative estimate of drug-likeness (QED) is 0.388. The summed E-state index contributed by atoms with van der Waals surface area (Å²) in [6.07, 6.45) is 8.44. The molecule has 5 heteroatoms. The van der Waals surface area contributed by atoms with E-state index in [1.807, 2.05) is 43.8 Å². The molecule has 31 heavy (non-hydrogen) atoms. The Labute approximate surface area is 183 Å². The first kappa shape index (κ1) is 20.5. The monoisotopic (exact) mass is 409 g/mol. The summed E-state index contributed by atoms with van der Waals surface area (Å²) in [5.74, 6) is 1.74. The van der Waals surface area contributed by atoms with Crippen LogP contribution in [-0.2, 0) is 6.54 Å². The standard InChI is InChI=1S/C26H27N5/c1-4-14-31(5-2)25-16-23-11-13-28-26(24(23)18-29-25)30-17-20-6-8-21(9-7-20)22-10-12-27-19(3)15-22/h5-13,15-16,18H,2,4,14,17H2,1,3H3,(H,28,30). The lowest BCUT2D eigenvalue weighted by Crippen LogP contribution is -2.17. The van der Waals surface area contributed by atoms with Crippen molar-refractivity contribution in [2.24, 2.45) is 0 Å². The molecule has 4 rings (SSSR count). The van der Waals surface area contributed by atoms with Gasteiger partial charge in [-0.2, -0.15) is 0 Å². The average molecular weight is 410 g/mol. The topological polar surface area (TPSA) is 53.9 Å². The van der Waals surface area contributed by atoms with Gasteiger partial charge >= 0.3 is 0 Å². The number of fused-ring (bicyclic) bond motifs is 1. The van der Waals surface area contributed by atoms with Crippen molar-refractivity contribution in [2.75, 3.05) is 16.8 Å². The Hall–Kier alpha value is -3.73. The molecule has 5 nitrogen and oxygen atoms in total. The molecule has 0 fully saturated rings. The maximum Gasteiger partial charge on any atom is 0.135 e. The van der Waals surface area contributed by atoms with Gasteiger partial charge in [0, 0.05) is 42.8 Å². The van der Waals surface area contributed by atoms with Gasteiger partial charge in [-0.1, -0.05) is 37.8 Å². The van der Waals surface area contributed by atoms with E-state index in [2.05, 4.69) is 75.1 Å². The molecule has 0 aliphatic heterocycles. The Morgan fingerprint density at radius 2 is 1.77 bits per heavy atom. The van der Waals surface area contributed by atoms with Crippen molar-refractivity contribution in [1.82, 2.24) is 15.0 Å². The van der Waals surface area contributed by atoms with Gasteiger partial charge in [-0.25, -0.2) is 9.97 Å². The normalized spacial score (nSPS) is 10.8. The van der Waals surface area contributed by atoms with Crippen molar-refractivity contribution >= 4 is 22.4 Å². The fourth-order valence-corrected chi connectivity index (χ4v) is 3.62. The minimum atomic E-state index is 0.693. The second kappa shape index (κ2) is 9.39. The number of benzene rings is 1. The molecule has 0 atom stereocenters. The van der Waals surface area contributed by atoms with Crippen LogP contribution in [-0.4, -0.2) is 21.5 Å². The number of hydrogen-bond acceptors (Lipinski definition) is 5. The highest BCUT2D eigenvalue weighted by atomic mass is 15.2. The van der Waals surface area contributed by atoms with Crippen LogP contribution in [0.3, 0.4) is 0 Å². The minimum Gasteiger partial charge on any atom is -0.365 e. The van der Waals surface area contributed by atoms with E-state index in [0.717, 1.165) is 41.1 Å². The van der Waals surface area contributed by atoms with Crippen LogP contribution in [0.15, 0.2) is 79.9 Å². The molecule has 156 valence electrons. The maximum atomic E-state index is 4.63. The highest BCUT2D eigenvalue weighted by Gasteiger charge is 2.08. The minimum absolute atomic E-state index is 0.693. The molecule has 1 aromatic carbocycles. The number of pyridine rings is 3. The van der Waals surface area contributed by atoms with Gasteiger partial charge in [0.15, 0.2) is 0 Å². The van der Waals surface area contributed by atoms with Crippen molar-refractivity contribution in [3.05, 3.63) is 91.2 Å². The molecule has 0 unspecified atom stereocenters. The summed E-state index contributed by atoms with van der Waals surface area (Å²) in [7, 11) is 0. The van der Waals surface area contributed by atoms with E-state index in [1.54, 1.807) is 0 Å². The fourth-order valence-electron chi connectivity index (χ4n) is 3.62. The van der Waals surface area contributed by atoms with E-state index < -0.39 is 0 Å². The van der Waals surface area contributed by atoms with Gasteiger partial charge in [-0.15, -0.1) is 0 Å². The second-order valence-electron chi connectivity index (χ2n) is 7.54. The van der Waals surface area contributed by atoms with Crippen LogP contribution < -0.4 is 10.2 Å². The lowest BCUT2D eigenvalue weighted by atomic mass is 10.0. The van der Waals surface area contributed by atoms with Crippen LogP contribution in [0.2, 0.25) is 0 Å². The largest absolute Gasteiger partial charge is 0.365 e. The van der Waals surface area contributed by atoms with Crippen LogP contribution in [0, 0.1) is 6.92 Å². The van der Waals surface area contributed by atoms with E-state index in [9.17, 15) is 0 Å². The Morgan fingerprint density at radius 1 is 0.968 bits per heavy atom. The fraction of sp³-hybridized carbons (Fsp3) is 0.192. The van der Waals surface area contributed by atoms with Gasteiger partial charge < -0.3 is 10.2 Å². The predicted octanol–water partition coefficient (Wildman–Crippen LogP) is 5.97. The van der Waals surface area contributed by atoms with Gasteiger partial charge in [-0.3, -0.25) is 4.98 Å². The van der Waals surface area contributed by atoms with E-state index in [0.29, 0.717) is 6.54 Å². The molecule has 3 heterocycles. The number of anilines is 2. The van der Waals surface area contributed by atoms with Gasteiger partial charge in [0.25, 0.3) is 0 Å². The first-order valence-corrected chi connectivity index (χ1v) is 10.6. The lowest BCUT2D eigenvalue weighted by Gasteiger charge is -2.18. The van der Waals surface area contributed by atoms with Crippen LogP contribution >= 0.6 is 0 Å². The number of nitrogens with one attached hydrogen (secondary N) is 1. The van der Waals surface area contributed by atoms with Crippen molar-refractivity contribution in [3.63, 3.8) is 0 Å². The Balaban J connectivity index is 1.50. The van der Waals surface area contributed by atoms with E-state index in [4.69, 9.17) is 0 Å². The van der Waals surface area contributed by atoms with E-state index in [-0.39, 0.29) is 0 Å². The molecular weight excluding hydrogens is 382 g/mol. The van der Waals surface area contributed by atoms with Crippen LogP contribution in [0.5, 0.6) is 0 Å². The molecule has 0 amide bonds. The molecule has 3 aromatic heterocycles. The predicted molar refractivity (Wildman–Crippen MR) is 129 cm³/mol. The van der Waals surface area contributed by atoms with Gasteiger partial charge in [0.2, 0.25) is 0 Å². The van der Waals surface area contributed by atoms with Gasteiger partial charge in [-0.05, 0) is 65.9 Å².